The molecule has 0 aromatic heterocycles. The summed E-state index contributed by atoms with van der Waals surface area (Å²) in [6.45, 7) is 5.26. The van der Waals surface area contributed by atoms with Gasteiger partial charge in [-0.15, -0.1) is 0 Å². The Bertz CT molecular complexity index is 838. The summed E-state index contributed by atoms with van der Waals surface area (Å²) in [4.78, 5) is 2.15. The summed E-state index contributed by atoms with van der Waals surface area (Å²) >= 11 is 0. The van der Waals surface area contributed by atoms with E-state index < -0.39 is 0 Å². The Kier molecular flexibility index (Phi) is 5.34. The maximum Gasteiger partial charge on any atom is 0.119 e. The number of ether oxygens (including phenoxy) is 1. The molecule has 1 N–H and O–H groups in total. The van der Waals surface area contributed by atoms with E-state index in [-0.39, 0.29) is 0 Å². The van der Waals surface area contributed by atoms with E-state index in [0.29, 0.717) is 23.8 Å². The monoisotopic (exact) mass is 376 g/mol. The molecule has 0 saturated heterocycles. The Balaban J connectivity index is 1.57. The van der Waals surface area contributed by atoms with Crippen molar-refractivity contribution < 1.29 is 4.74 Å². The van der Waals surface area contributed by atoms with E-state index in [0.717, 1.165) is 25.2 Å². The summed E-state index contributed by atoms with van der Waals surface area (Å²) in [6.07, 6.45) is 6.95. The zero-order chi connectivity index (χ0) is 19.7. The van der Waals surface area contributed by atoms with Crippen LogP contribution >= 0.6 is 0 Å². The van der Waals surface area contributed by atoms with Crippen LogP contribution in [0, 0.1) is 11.8 Å². The zero-order valence-corrected chi connectivity index (χ0v) is 17.5. The molecule has 2 aliphatic rings. The van der Waals surface area contributed by atoms with E-state index in [1.54, 1.807) is 0 Å². The summed E-state index contributed by atoms with van der Waals surface area (Å²) in [7, 11) is 4.17. The van der Waals surface area contributed by atoms with E-state index in [1.165, 1.54) is 22.5 Å². The maximum atomic E-state index is 6.02. The highest BCUT2D eigenvalue weighted by molar-refractivity contribution is 5.62. The van der Waals surface area contributed by atoms with E-state index in [1.807, 2.05) is 0 Å². The lowest BCUT2D eigenvalue weighted by Crippen LogP contribution is -2.29. The molecule has 3 nitrogen and oxygen atoms in total. The van der Waals surface area contributed by atoms with Gasteiger partial charge >= 0.3 is 0 Å². The van der Waals surface area contributed by atoms with Gasteiger partial charge in [0, 0.05) is 31.4 Å². The van der Waals surface area contributed by atoms with E-state index in [9.17, 15) is 0 Å². The molecule has 1 heterocycles. The van der Waals surface area contributed by atoms with Gasteiger partial charge in [-0.1, -0.05) is 38.1 Å². The fourth-order valence-electron chi connectivity index (χ4n) is 4.38. The van der Waals surface area contributed by atoms with Gasteiger partial charge in [-0.3, -0.25) is 0 Å². The normalized spacial score (nSPS) is 22.5. The second-order valence-electron chi connectivity index (χ2n) is 8.74. The fraction of sp³-hybridized carbons (Fsp3) is 0.440. The molecule has 1 aliphatic heterocycles. The third-order valence-electron chi connectivity index (χ3n) is 6.07. The van der Waals surface area contributed by atoms with Crippen LogP contribution in [0.2, 0.25) is 0 Å². The lowest BCUT2D eigenvalue weighted by atomic mass is 9.77. The molecule has 1 aliphatic carbocycles. The van der Waals surface area contributed by atoms with Gasteiger partial charge < -0.3 is 15.0 Å². The second kappa shape index (κ2) is 7.90. The summed E-state index contributed by atoms with van der Waals surface area (Å²) in [6, 6.07) is 15.9. The predicted molar refractivity (Wildman–Crippen MR) is 119 cm³/mol. The molecule has 148 valence electrons. The van der Waals surface area contributed by atoms with Crippen molar-refractivity contribution in [2.45, 2.75) is 38.6 Å². The van der Waals surface area contributed by atoms with Crippen molar-refractivity contribution >= 4 is 11.4 Å². The van der Waals surface area contributed by atoms with Crippen molar-refractivity contribution in [2.75, 3.05) is 30.9 Å². The zero-order valence-electron chi connectivity index (χ0n) is 17.5. The van der Waals surface area contributed by atoms with Crippen LogP contribution in [0.5, 0.6) is 5.75 Å². The van der Waals surface area contributed by atoms with Gasteiger partial charge in [0.2, 0.25) is 0 Å². The summed E-state index contributed by atoms with van der Waals surface area (Å²) < 4.78 is 6.02. The van der Waals surface area contributed by atoms with Crippen LogP contribution in [0.15, 0.2) is 54.6 Å². The second-order valence-corrected chi connectivity index (χ2v) is 8.74. The van der Waals surface area contributed by atoms with Gasteiger partial charge in [-0.05, 0) is 66.1 Å². The van der Waals surface area contributed by atoms with Crippen molar-refractivity contribution in [3.05, 3.63) is 65.7 Å². The number of nitrogens with one attached hydrogen (secondary N) is 1. The molecule has 0 radical (unpaired) electrons. The molecule has 4 rings (SSSR count). The molecule has 3 atom stereocenters. The lowest BCUT2D eigenvalue weighted by Gasteiger charge is -2.37. The van der Waals surface area contributed by atoms with Gasteiger partial charge in [-0.2, -0.15) is 0 Å². The number of hydrogen-bond donors (Lipinski definition) is 1. The Hall–Kier alpha value is -2.42. The molecular formula is C25H32N2O. The third-order valence-corrected chi connectivity index (χ3v) is 6.07. The van der Waals surface area contributed by atoms with Crippen LogP contribution in [0.3, 0.4) is 0 Å². The first-order valence-corrected chi connectivity index (χ1v) is 10.5. The van der Waals surface area contributed by atoms with E-state index >= 15 is 0 Å². The summed E-state index contributed by atoms with van der Waals surface area (Å²) in [5, 5.41) is 3.83. The maximum absolute atomic E-state index is 6.02. The first-order chi connectivity index (χ1) is 13.5. The first kappa shape index (κ1) is 18.9. The molecule has 0 amide bonds. The summed E-state index contributed by atoms with van der Waals surface area (Å²) in [5.74, 6) is 2.68. The molecule has 3 heteroatoms. The molecule has 2 aromatic rings. The SMILES string of the molecule is CC(C)CCOc1ccc2c(c1)C1C=CCC1C(c1ccc(N(C)C)cc1)N2. The topological polar surface area (TPSA) is 24.5 Å². The van der Waals surface area contributed by atoms with Crippen LogP contribution in [-0.4, -0.2) is 20.7 Å². The molecule has 0 spiro atoms. The lowest BCUT2D eigenvalue weighted by molar-refractivity contribution is 0.289. The van der Waals surface area contributed by atoms with Gasteiger partial charge in [0.05, 0.1) is 12.6 Å². The van der Waals surface area contributed by atoms with Crippen LogP contribution in [0.1, 0.15) is 49.8 Å². The molecule has 28 heavy (non-hydrogen) atoms. The minimum atomic E-state index is 0.344. The minimum absolute atomic E-state index is 0.344. The highest BCUT2D eigenvalue weighted by Gasteiger charge is 2.38. The number of allylic oxidation sites excluding steroid dienone is 2. The van der Waals surface area contributed by atoms with Gasteiger partial charge in [-0.25, -0.2) is 0 Å². The smallest absolute Gasteiger partial charge is 0.119 e. The number of hydrogen-bond acceptors (Lipinski definition) is 3. The van der Waals surface area contributed by atoms with Gasteiger partial charge in [0.15, 0.2) is 0 Å². The van der Waals surface area contributed by atoms with Crippen LogP contribution < -0.4 is 15.0 Å². The van der Waals surface area contributed by atoms with Crippen molar-refractivity contribution in [3.63, 3.8) is 0 Å². The van der Waals surface area contributed by atoms with E-state index in [2.05, 4.69) is 92.8 Å². The number of fused-ring (bicyclic) bond motifs is 3. The average Bonchev–Trinajstić information content (AvgIpc) is 3.17. The Morgan fingerprint density at radius 1 is 1.11 bits per heavy atom. The van der Waals surface area contributed by atoms with Crippen LogP contribution in [0.25, 0.3) is 0 Å². The van der Waals surface area contributed by atoms with Crippen LogP contribution in [0.4, 0.5) is 11.4 Å². The standard InChI is InChI=1S/C25H32N2O/c1-17(2)14-15-28-20-12-13-24-23(16-20)21-6-5-7-22(21)25(26-24)18-8-10-19(11-9-18)27(3)4/h5-6,8-13,16-17,21-22,25-26H,7,14-15H2,1-4H3. The third kappa shape index (κ3) is 3.76. The first-order valence-electron chi connectivity index (χ1n) is 10.5. The Morgan fingerprint density at radius 3 is 2.61 bits per heavy atom. The van der Waals surface area contributed by atoms with Crippen molar-refractivity contribution in [2.24, 2.45) is 11.8 Å². The van der Waals surface area contributed by atoms with Gasteiger partial charge in [0.1, 0.15) is 5.75 Å². The highest BCUT2D eigenvalue weighted by atomic mass is 16.5. The molecular weight excluding hydrogens is 344 g/mol. The number of rotatable bonds is 6. The minimum Gasteiger partial charge on any atom is -0.494 e. The molecule has 0 saturated carbocycles. The Morgan fingerprint density at radius 2 is 1.89 bits per heavy atom. The van der Waals surface area contributed by atoms with E-state index in [4.69, 9.17) is 4.74 Å². The molecule has 0 fully saturated rings. The van der Waals surface area contributed by atoms with Crippen LogP contribution in [-0.2, 0) is 0 Å². The highest BCUT2D eigenvalue weighted by Crippen LogP contribution is 2.50. The van der Waals surface area contributed by atoms with Crippen molar-refractivity contribution in [1.82, 2.24) is 0 Å². The Labute approximate surface area is 169 Å². The van der Waals surface area contributed by atoms with Crippen molar-refractivity contribution in [3.8, 4) is 5.75 Å². The quantitative estimate of drug-likeness (QED) is 0.625. The van der Waals surface area contributed by atoms with Crippen molar-refractivity contribution in [1.29, 1.82) is 0 Å². The fourth-order valence-corrected chi connectivity index (χ4v) is 4.38. The number of nitrogens with zero attached hydrogens (tertiary/aromatic N) is 1. The molecule has 3 unspecified atom stereocenters. The summed E-state index contributed by atoms with van der Waals surface area (Å²) in [5.41, 5.74) is 5.23. The average molecular weight is 377 g/mol. The largest absolute Gasteiger partial charge is 0.494 e. The number of anilines is 2. The molecule has 2 aromatic carbocycles. The predicted octanol–water partition coefficient (Wildman–Crippen LogP) is 6.00. The van der Waals surface area contributed by atoms with Gasteiger partial charge in [0.25, 0.3) is 0 Å². The molecule has 0 bridgehead atoms. The number of benzene rings is 2.